The lowest BCUT2D eigenvalue weighted by Crippen LogP contribution is -1.91. The lowest BCUT2D eigenvalue weighted by atomic mass is 10.2. The number of thiazole rings is 8. The topological polar surface area (TPSA) is 336 Å². The fourth-order valence-electron chi connectivity index (χ4n) is 14.0. The minimum Gasteiger partial charge on any atom is -0.508 e. The molecule has 16 aromatic carbocycles. The van der Waals surface area contributed by atoms with Crippen LogP contribution in [-0.4, -0.2) is 88.5 Å². The van der Waals surface area contributed by atoms with E-state index in [-0.39, 0.29) is 23.0 Å². The first-order chi connectivity index (χ1) is 68.0. The van der Waals surface area contributed by atoms with Crippen LogP contribution in [0.3, 0.4) is 0 Å². The second-order valence-corrected chi connectivity index (χ2v) is 43.8. The van der Waals surface area contributed by atoms with Crippen LogP contribution >= 0.6 is 181 Å². The molecule has 8 aromatic heterocycles. The third-order valence-electron chi connectivity index (χ3n) is 21.3. The minimum atomic E-state index is 0.268. The van der Waals surface area contributed by atoms with Gasteiger partial charge in [-0.25, -0.2) is 39.9 Å². The molecule has 20 nitrogen and oxygen atoms in total. The Morgan fingerprint density at radius 3 is 0.643 bits per heavy atom. The van der Waals surface area contributed by atoms with E-state index in [9.17, 15) is 20.4 Å². The number of nitrogens with two attached hydrogens (primary N) is 4. The Labute approximate surface area is 892 Å². The van der Waals surface area contributed by atoms with E-state index in [0.717, 1.165) is 189 Å². The van der Waals surface area contributed by atoms with Crippen LogP contribution in [0.15, 0.2) is 340 Å². The van der Waals surface area contributed by atoms with Crippen molar-refractivity contribution in [2.75, 3.05) is 72.4 Å². The van der Waals surface area contributed by atoms with Gasteiger partial charge < -0.3 is 64.6 Å². The van der Waals surface area contributed by atoms with Crippen molar-refractivity contribution in [3.63, 3.8) is 0 Å². The van der Waals surface area contributed by atoms with E-state index in [2.05, 4.69) is 261 Å². The van der Waals surface area contributed by atoms with E-state index < -0.39 is 0 Å². The van der Waals surface area contributed by atoms with Crippen LogP contribution in [0, 0.1) is 14.3 Å². The number of aromatic hydroxyl groups is 4. The van der Waals surface area contributed by atoms with Crippen molar-refractivity contribution in [2.45, 2.75) is 0 Å². The number of aromatic nitrogens is 8. The van der Waals surface area contributed by atoms with Gasteiger partial charge in [0.2, 0.25) is 0 Å². The second-order valence-electron chi connectivity index (χ2n) is 30.9. The van der Waals surface area contributed by atoms with Crippen LogP contribution in [0.4, 0.5) is 45.5 Å². The predicted octanol–water partition coefficient (Wildman–Crippen LogP) is 31.4. The molecular weight excluding hydrogens is 2350 g/mol. The average Bonchev–Trinajstić information content (AvgIpc) is 1.59. The number of benzene rings is 16. The summed E-state index contributed by atoms with van der Waals surface area (Å²) in [5.74, 6) is 1.10. The highest BCUT2D eigenvalue weighted by atomic mass is 127. The van der Waals surface area contributed by atoms with Crippen LogP contribution in [0.5, 0.6) is 23.0 Å². The maximum absolute atomic E-state index is 9.49. The van der Waals surface area contributed by atoms with E-state index in [4.69, 9.17) is 22.9 Å². The number of phenols is 4. The van der Waals surface area contributed by atoms with Gasteiger partial charge in [-0.3, -0.25) is 0 Å². The molecule has 0 aliphatic carbocycles. The first kappa shape index (κ1) is 98.8. The van der Waals surface area contributed by atoms with Gasteiger partial charge in [-0.15, -0.1) is 90.7 Å². The van der Waals surface area contributed by atoms with Gasteiger partial charge >= 0.3 is 0 Å². The number of rotatable bonds is 12. The Morgan fingerprint density at radius 2 is 0.414 bits per heavy atom. The normalized spacial score (nSPS) is 10.8. The molecule has 0 amide bonds. The summed E-state index contributed by atoms with van der Waals surface area (Å²) in [7, 11) is 7.68. The number of phenolic OH excluding ortho intramolecular Hbond substituents is 4. The molecule has 0 radical (unpaired) electrons. The standard InChI is InChI=1S/C14H11IN2OS.C14H11IN2S.C14H12N2OS.C14H12N2S.C13H9IN2OS.C13H9IN2S.C13H10N2OS.C13H10N2S/c1-16-11-4-2-8(6-10(11)15)14-17-12-5-3-9(18)7-13(12)19-14;1-16-11-7-6-9(8-10(11)15)14-17-12-4-2-3-5-13(12)18-14;1-15-10-4-2-9(3-5-10)14-16-12-7-6-11(17)8-13(12)18-14;1-15-11-8-6-10(7-9-11)14-16-12-4-2-3-5-13(12)17-14;14-9-5-7(1-3-10(9)15)13-16-11-4-2-8(17)6-12(11)18-13;14-9-7-8(5-6-10(9)15)13-16-11-3-1-2-4-12(11)17-13;14-9-3-1-8(2-4-9)13-15-11-6-5-10(16)7-12(11)17-13;14-10-7-5-9(6-8-10)13-15-11-3-1-2-4-12(11)16-13/h2-7,16,18H,1H3;2-8,16H,1H3;2-8,15,17H,1H3;2-9,15H,1H3;1-6,17H,15H2;1-7H,15H2;1-7,16H,14H2;1-8H,14H2. The van der Waals surface area contributed by atoms with Crippen molar-refractivity contribution in [1.82, 2.24) is 39.9 Å². The Hall–Kier alpha value is -12.8. The maximum atomic E-state index is 9.49. The lowest BCUT2D eigenvalue weighted by molar-refractivity contribution is 0.475. The van der Waals surface area contributed by atoms with Gasteiger partial charge in [-0.1, -0.05) is 48.5 Å². The molecule has 0 aliphatic rings. The molecule has 0 saturated heterocycles. The summed E-state index contributed by atoms with van der Waals surface area (Å²) in [6.07, 6.45) is 0. The highest BCUT2D eigenvalue weighted by molar-refractivity contribution is 14.1. The van der Waals surface area contributed by atoms with Crippen molar-refractivity contribution >= 4 is 308 Å². The van der Waals surface area contributed by atoms with Gasteiger partial charge in [-0.2, -0.15) is 0 Å². The smallest absolute Gasteiger partial charge is 0.124 e. The molecule has 0 spiro atoms. The zero-order valence-electron chi connectivity index (χ0n) is 74.8. The quantitative estimate of drug-likeness (QED) is 0.0399. The molecule has 0 fully saturated rings. The molecule has 32 heteroatoms. The van der Waals surface area contributed by atoms with Crippen molar-refractivity contribution < 1.29 is 20.4 Å². The van der Waals surface area contributed by atoms with Crippen LogP contribution in [0.1, 0.15) is 0 Å². The van der Waals surface area contributed by atoms with Gasteiger partial charge in [0.1, 0.15) is 63.1 Å². The molecule has 140 heavy (non-hydrogen) atoms. The molecule has 8 heterocycles. The van der Waals surface area contributed by atoms with Crippen molar-refractivity contribution in [2.24, 2.45) is 0 Å². The highest BCUT2D eigenvalue weighted by Gasteiger charge is 2.17. The summed E-state index contributed by atoms with van der Waals surface area (Å²) in [4.78, 5) is 36.8. The Bertz CT molecular complexity index is 8330. The Morgan fingerprint density at radius 1 is 0.207 bits per heavy atom. The number of halogens is 4. The highest BCUT2D eigenvalue weighted by Crippen LogP contribution is 2.42. The molecule has 0 unspecified atom stereocenters. The molecule has 0 saturated carbocycles. The average molecular weight is 2430 g/mol. The Kier molecular flexibility index (Phi) is 32.5. The van der Waals surface area contributed by atoms with Gasteiger partial charge in [0.15, 0.2) is 0 Å². The largest absolute Gasteiger partial charge is 0.508 e. The van der Waals surface area contributed by atoms with Gasteiger partial charge in [0.05, 0.1) is 81.7 Å². The second kappa shape index (κ2) is 46.1. The van der Waals surface area contributed by atoms with E-state index in [1.807, 2.05) is 210 Å². The summed E-state index contributed by atoms with van der Waals surface area (Å²) in [5.41, 5.74) is 47.3. The molecule has 24 rings (SSSR count). The Balaban J connectivity index is 0.000000110. The van der Waals surface area contributed by atoms with E-state index in [1.165, 1.54) is 37.1 Å². The molecule has 0 bridgehead atoms. The van der Waals surface area contributed by atoms with E-state index in [1.54, 1.807) is 139 Å². The SMILES string of the molecule is CNc1ccc(-c2nc3ccc(O)cc3s2)cc1.CNc1ccc(-c2nc3ccc(O)cc3s2)cc1I.CNc1ccc(-c2nc3ccccc3s2)cc1.CNc1ccc(-c2nc3ccccc3s2)cc1I.Nc1ccc(-c2nc3ccc(O)cc3s2)cc1.Nc1ccc(-c2nc3ccc(O)cc3s2)cc1I.Nc1ccc(-c2nc3ccccc3s2)cc1.Nc1ccc(-c2nc3ccccc3s2)cc1I. The molecular formula is C108H84I4N16O4S8. The lowest BCUT2D eigenvalue weighted by Gasteiger charge is -2.04. The molecule has 0 aliphatic heterocycles. The molecule has 24 aromatic rings. The number of nitrogens with zero attached hydrogens (tertiary/aromatic N) is 8. The third-order valence-corrected chi connectivity index (χ3v) is 33.5. The van der Waals surface area contributed by atoms with Crippen LogP contribution in [0.25, 0.3) is 166 Å². The fraction of sp³-hybridized carbons (Fsp3) is 0.0370. The third kappa shape index (κ3) is 24.8. The summed E-state index contributed by atoms with van der Waals surface area (Å²) in [5, 5.41) is 58.4. The monoisotopic (exact) mass is 2430 g/mol. The van der Waals surface area contributed by atoms with Crippen molar-refractivity contribution in [1.29, 1.82) is 0 Å². The number of hydrogen-bond donors (Lipinski definition) is 12. The fourth-order valence-corrected chi connectivity index (χ4v) is 24.4. The number of para-hydroxylation sites is 4. The van der Waals surface area contributed by atoms with E-state index >= 15 is 0 Å². The first-order valence-electron chi connectivity index (χ1n) is 43.1. The number of fused-ring (bicyclic) bond motifs is 8. The molecule has 0 atom stereocenters. The number of nitrogens with one attached hydrogen (secondary N) is 4. The van der Waals surface area contributed by atoms with Crippen LogP contribution in [0.2, 0.25) is 0 Å². The summed E-state index contributed by atoms with van der Waals surface area (Å²) < 4.78 is 13.3. The molecule has 696 valence electrons. The zero-order valence-corrected chi connectivity index (χ0v) is 89.9. The van der Waals surface area contributed by atoms with Crippen molar-refractivity contribution in [3.05, 3.63) is 354 Å². The number of hydrogen-bond acceptors (Lipinski definition) is 28. The first-order valence-corrected chi connectivity index (χ1v) is 54.0. The van der Waals surface area contributed by atoms with Crippen LogP contribution in [-0.2, 0) is 0 Å². The van der Waals surface area contributed by atoms with Crippen molar-refractivity contribution in [3.8, 4) is 108 Å². The van der Waals surface area contributed by atoms with Gasteiger partial charge in [-0.05, 0) is 382 Å². The number of nitrogen functional groups attached to an aromatic ring is 4. The summed E-state index contributed by atoms with van der Waals surface area (Å²) in [6.45, 7) is 0. The summed E-state index contributed by atoms with van der Waals surface area (Å²) in [6, 6.07) is 110. The van der Waals surface area contributed by atoms with E-state index in [0.29, 0.717) is 0 Å². The molecule has 16 N–H and O–H groups in total. The van der Waals surface area contributed by atoms with Crippen LogP contribution < -0.4 is 44.2 Å². The van der Waals surface area contributed by atoms with Gasteiger partial charge in [0.25, 0.3) is 0 Å². The predicted molar refractivity (Wildman–Crippen MR) is 634 cm³/mol. The maximum Gasteiger partial charge on any atom is 0.124 e. The zero-order chi connectivity index (χ0) is 97.5. The summed E-state index contributed by atoms with van der Waals surface area (Å²) >= 11 is 22.3. The number of anilines is 8. The van der Waals surface area contributed by atoms with Gasteiger partial charge in [0, 0.05) is 132 Å². The minimum absolute atomic E-state index is 0.268.